The third-order valence-electron chi connectivity index (χ3n) is 4.16. The molecule has 1 aromatic rings. The summed E-state index contributed by atoms with van der Waals surface area (Å²) in [5.74, 6) is 0.329. The Hall–Kier alpha value is -2.49. The van der Waals surface area contributed by atoms with Gasteiger partial charge in [-0.15, -0.1) is 0 Å². The van der Waals surface area contributed by atoms with Gasteiger partial charge in [-0.1, -0.05) is 0 Å². The number of carbonyl (C=O) groups is 1. The molecule has 0 bridgehead atoms. The second kappa shape index (κ2) is 10.2. The molecule has 2 rings (SSSR count). The van der Waals surface area contributed by atoms with Crippen molar-refractivity contribution in [3.8, 4) is 5.75 Å². The van der Waals surface area contributed by atoms with Crippen molar-refractivity contribution in [1.29, 1.82) is 0 Å². The van der Waals surface area contributed by atoms with Gasteiger partial charge in [0.15, 0.2) is 5.96 Å². The van der Waals surface area contributed by atoms with Crippen molar-refractivity contribution in [3.05, 3.63) is 29.8 Å². The van der Waals surface area contributed by atoms with E-state index in [0.717, 1.165) is 0 Å². The van der Waals surface area contributed by atoms with Crippen LogP contribution in [0.25, 0.3) is 0 Å². The Kier molecular flexibility index (Phi) is 7.91. The predicted molar refractivity (Wildman–Crippen MR) is 100 cm³/mol. The summed E-state index contributed by atoms with van der Waals surface area (Å²) in [6.07, 6.45) is -3.58. The van der Waals surface area contributed by atoms with Crippen LogP contribution in [0.2, 0.25) is 0 Å². The molecule has 0 aliphatic carbocycles. The molecule has 0 saturated carbocycles. The lowest BCUT2D eigenvalue weighted by Crippen LogP contribution is -2.45. The maximum Gasteiger partial charge on any atom is 0.401 e. The number of aliphatic imine (C=N–C) groups is 1. The molecule has 0 radical (unpaired) electrons. The molecule has 1 aliphatic heterocycles. The van der Waals surface area contributed by atoms with E-state index in [1.54, 1.807) is 0 Å². The molecule has 7 nitrogen and oxygen atoms in total. The van der Waals surface area contributed by atoms with Crippen molar-refractivity contribution in [2.24, 2.45) is 4.99 Å². The van der Waals surface area contributed by atoms with Crippen LogP contribution in [0.1, 0.15) is 23.7 Å². The van der Waals surface area contributed by atoms with E-state index >= 15 is 0 Å². The monoisotopic (exact) mass is 401 g/mol. The molecule has 1 aromatic carbocycles. The van der Waals surface area contributed by atoms with Crippen LogP contribution < -0.4 is 16.0 Å². The number of nitrogens with zero attached hydrogens (tertiary/aromatic N) is 2. The number of likely N-dealkylation sites (tertiary alicyclic amines) is 1. The van der Waals surface area contributed by atoms with E-state index in [0.29, 0.717) is 50.7 Å². The van der Waals surface area contributed by atoms with E-state index < -0.39 is 12.7 Å². The molecule has 1 unspecified atom stereocenters. The third kappa shape index (κ3) is 7.63. The van der Waals surface area contributed by atoms with Gasteiger partial charge in [0, 0.05) is 37.8 Å². The van der Waals surface area contributed by atoms with E-state index in [9.17, 15) is 23.1 Å². The zero-order valence-electron chi connectivity index (χ0n) is 15.7. The topological polar surface area (TPSA) is 89.0 Å². The molecule has 0 aromatic heterocycles. The van der Waals surface area contributed by atoms with Gasteiger partial charge in [0.1, 0.15) is 5.75 Å². The van der Waals surface area contributed by atoms with Crippen LogP contribution >= 0.6 is 0 Å². The normalized spacial score (nSPS) is 18.1. The first-order valence-electron chi connectivity index (χ1n) is 9.18. The molecule has 1 amide bonds. The highest BCUT2D eigenvalue weighted by atomic mass is 19.4. The number of benzene rings is 1. The number of aromatic hydroxyl groups is 1. The summed E-state index contributed by atoms with van der Waals surface area (Å²) in [4.78, 5) is 17.7. The Labute approximate surface area is 162 Å². The summed E-state index contributed by atoms with van der Waals surface area (Å²) in [6.45, 7) is 2.93. The number of phenols is 1. The van der Waals surface area contributed by atoms with E-state index in [1.807, 2.05) is 6.92 Å². The molecule has 1 atom stereocenters. The van der Waals surface area contributed by atoms with Gasteiger partial charge in [-0.2, -0.15) is 13.2 Å². The maximum absolute atomic E-state index is 12.5. The van der Waals surface area contributed by atoms with Crippen molar-refractivity contribution >= 4 is 11.9 Å². The van der Waals surface area contributed by atoms with Crippen LogP contribution in [0.5, 0.6) is 5.75 Å². The third-order valence-corrected chi connectivity index (χ3v) is 4.16. The molecule has 10 heteroatoms. The summed E-state index contributed by atoms with van der Waals surface area (Å²) < 4.78 is 37.5. The first-order chi connectivity index (χ1) is 13.3. The second-order valence-electron chi connectivity index (χ2n) is 6.54. The first-order valence-corrected chi connectivity index (χ1v) is 9.18. The van der Waals surface area contributed by atoms with Crippen molar-refractivity contribution in [1.82, 2.24) is 20.9 Å². The first kappa shape index (κ1) is 21.8. The van der Waals surface area contributed by atoms with Crippen LogP contribution in [0.3, 0.4) is 0 Å². The van der Waals surface area contributed by atoms with Crippen molar-refractivity contribution in [2.75, 3.05) is 39.3 Å². The molecule has 1 fully saturated rings. The fourth-order valence-corrected chi connectivity index (χ4v) is 2.91. The number of rotatable bonds is 7. The minimum absolute atomic E-state index is 0.0863. The minimum atomic E-state index is -4.19. The zero-order chi connectivity index (χ0) is 20.6. The van der Waals surface area contributed by atoms with Gasteiger partial charge in [-0.25, -0.2) is 0 Å². The number of phenolic OH excluding ortho intramolecular Hbond substituents is 1. The molecular formula is C18H26F3N5O2. The fourth-order valence-electron chi connectivity index (χ4n) is 2.91. The van der Waals surface area contributed by atoms with Crippen LogP contribution in [-0.2, 0) is 0 Å². The lowest BCUT2D eigenvalue weighted by Gasteiger charge is -2.19. The largest absolute Gasteiger partial charge is 0.508 e. The minimum Gasteiger partial charge on any atom is -0.508 e. The Morgan fingerprint density at radius 3 is 2.64 bits per heavy atom. The van der Waals surface area contributed by atoms with Gasteiger partial charge < -0.3 is 21.1 Å². The molecule has 0 spiro atoms. The molecular weight excluding hydrogens is 375 g/mol. The highest BCUT2D eigenvalue weighted by Gasteiger charge is 2.34. The van der Waals surface area contributed by atoms with Crippen LogP contribution in [0, 0.1) is 0 Å². The number of nitrogens with one attached hydrogen (secondary N) is 3. The Balaban J connectivity index is 1.77. The van der Waals surface area contributed by atoms with Crippen LogP contribution in [-0.4, -0.2) is 73.4 Å². The molecule has 156 valence electrons. The summed E-state index contributed by atoms with van der Waals surface area (Å²) in [5.41, 5.74) is 0.433. The van der Waals surface area contributed by atoms with Crippen molar-refractivity contribution < 1.29 is 23.1 Å². The van der Waals surface area contributed by atoms with Crippen molar-refractivity contribution in [2.45, 2.75) is 25.6 Å². The average molecular weight is 401 g/mol. The Bertz CT molecular complexity index is 664. The van der Waals surface area contributed by atoms with E-state index in [4.69, 9.17) is 0 Å². The molecule has 4 N–H and O–H groups in total. The average Bonchev–Trinajstić information content (AvgIpc) is 3.04. The number of carbonyl (C=O) groups excluding carboxylic acids is 1. The lowest BCUT2D eigenvalue weighted by molar-refractivity contribution is -0.143. The number of guanidine groups is 1. The number of hydrogen-bond acceptors (Lipinski definition) is 4. The smallest absolute Gasteiger partial charge is 0.401 e. The second-order valence-corrected chi connectivity index (χ2v) is 6.54. The number of hydrogen-bond donors (Lipinski definition) is 4. The van der Waals surface area contributed by atoms with E-state index in [2.05, 4.69) is 20.9 Å². The SMILES string of the molecule is CCNC(=NCCNC(=O)c1ccc(O)cc1)NC1CCN(CC(F)(F)F)C1. The summed E-state index contributed by atoms with van der Waals surface area (Å²) in [6, 6.07) is 5.80. The van der Waals surface area contributed by atoms with E-state index in [-0.39, 0.29) is 17.7 Å². The van der Waals surface area contributed by atoms with Gasteiger partial charge in [-0.05, 0) is 37.6 Å². The summed E-state index contributed by atoms with van der Waals surface area (Å²) in [5, 5.41) is 18.2. The summed E-state index contributed by atoms with van der Waals surface area (Å²) in [7, 11) is 0. The number of alkyl halides is 3. The Morgan fingerprint density at radius 2 is 2.00 bits per heavy atom. The quantitative estimate of drug-likeness (QED) is 0.314. The molecule has 1 saturated heterocycles. The van der Waals surface area contributed by atoms with Gasteiger partial charge in [0.25, 0.3) is 5.91 Å². The zero-order valence-corrected chi connectivity index (χ0v) is 15.7. The summed E-state index contributed by atoms with van der Waals surface area (Å²) >= 11 is 0. The van der Waals surface area contributed by atoms with E-state index in [1.165, 1.54) is 29.2 Å². The highest BCUT2D eigenvalue weighted by Crippen LogP contribution is 2.19. The van der Waals surface area contributed by atoms with Gasteiger partial charge in [0.05, 0.1) is 13.1 Å². The lowest BCUT2D eigenvalue weighted by atomic mass is 10.2. The molecule has 1 heterocycles. The molecule has 28 heavy (non-hydrogen) atoms. The standard InChI is InChI=1S/C18H26F3N5O2/c1-2-22-17(25-14-7-10-26(11-14)12-18(19,20)21)24-9-8-23-16(28)13-3-5-15(27)6-4-13/h3-6,14,27H,2,7-12H2,1H3,(H,23,28)(H2,22,24,25). The predicted octanol–water partition coefficient (Wildman–Crippen LogP) is 1.31. The fraction of sp³-hybridized carbons (Fsp3) is 0.556. The van der Waals surface area contributed by atoms with Gasteiger partial charge in [-0.3, -0.25) is 14.7 Å². The maximum atomic E-state index is 12.5. The van der Waals surface area contributed by atoms with Gasteiger partial charge in [0.2, 0.25) is 0 Å². The van der Waals surface area contributed by atoms with Crippen LogP contribution in [0.15, 0.2) is 29.3 Å². The Morgan fingerprint density at radius 1 is 1.29 bits per heavy atom. The molecule has 1 aliphatic rings. The highest BCUT2D eigenvalue weighted by molar-refractivity contribution is 5.94. The number of halogens is 3. The van der Waals surface area contributed by atoms with Crippen molar-refractivity contribution in [3.63, 3.8) is 0 Å². The van der Waals surface area contributed by atoms with Crippen LogP contribution in [0.4, 0.5) is 13.2 Å². The number of amides is 1. The van der Waals surface area contributed by atoms with Gasteiger partial charge >= 0.3 is 6.18 Å².